The highest BCUT2D eigenvalue weighted by Gasteiger charge is 2.30. The second-order valence-electron chi connectivity index (χ2n) is 4.57. The summed E-state index contributed by atoms with van der Waals surface area (Å²) in [5.74, 6) is -1.46. The predicted octanol–water partition coefficient (Wildman–Crippen LogP) is -0.0202. The van der Waals surface area contributed by atoms with Gasteiger partial charge in [0.25, 0.3) is 5.56 Å². The molecule has 0 spiro atoms. The van der Waals surface area contributed by atoms with Crippen LogP contribution in [0.3, 0.4) is 0 Å². The van der Waals surface area contributed by atoms with Gasteiger partial charge in [-0.3, -0.25) is 4.79 Å². The summed E-state index contributed by atoms with van der Waals surface area (Å²) in [6, 6.07) is 1.35. The van der Waals surface area contributed by atoms with E-state index in [1.807, 2.05) is 13.8 Å². The van der Waals surface area contributed by atoms with Crippen LogP contribution in [0.1, 0.15) is 41.9 Å². The third-order valence-corrected chi connectivity index (χ3v) is 3.31. The van der Waals surface area contributed by atoms with Crippen molar-refractivity contribution in [2.75, 3.05) is 0 Å². The SMILES string of the molecule is CC[C@]1(C)Cc2[nH]c(=O)c(C(=O)[O-])cc2CO1. The summed E-state index contributed by atoms with van der Waals surface area (Å²) in [6.45, 7) is 4.30. The number of aromatic nitrogens is 1. The number of carbonyl (C=O) groups excluding carboxylic acids is 1. The number of hydrogen-bond acceptors (Lipinski definition) is 4. The lowest BCUT2D eigenvalue weighted by molar-refractivity contribution is -0.255. The number of aromatic carboxylic acids is 1. The molecule has 0 bridgehead atoms. The first kappa shape index (κ1) is 11.9. The second kappa shape index (κ2) is 4.00. The minimum Gasteiger partial charge on any atom is -0.545 e. The molecule has 1 aromatic heterocycles. The van der Waals surface area contributed by atoms with E-state index in [0.29, 0.717) is 13.0 Å². The maximum Gasteiger partial charge on any atom is 0.257 e. The smallest absolute Gasteiger partial charge is 0.257 e. The van der Waals surface area contributed by atoms with Crippen LogP contribution in [0.4, 0.5) is 0 Å². The Labute approximate surface area is 98.4 Å². The van der Waals surface area contributed by atoms with Gasteiger partial charge in [0, 0.05) is 12.1 Å². The van der Waals surface area contributed by atoms with Gasteiger partial charge in [0.1, 0.15) is 0 Å². The molecule has 0 aromatic carbocycles. The molecule has 5 nitrogen and oxygen atoms in total. The van der Waals surface area contributed by atoms with Crippen molar-refractivity contribution in [2.24, 2.45) is 0 Å². The second-order valence-corrected chi connectivity index (χ2v) is 4.57. The Kier molecular flexibility index (Phi) is 2.79. The quantitative estimate of drug-likeness (QED) is 0.782. The third-order valence-electron chi connectivity index (χ3n) is 3.31. The Balaban J connectivity index is 2.46. The normalized spacial score (nSPS) is 23.2. The predicted molar refractivity (Wildman–Crippen MR) is 58.6 cm³/mol. The molecule has 92 valence electrons. The van der Waals surface area contributed by atoms with Crippen LogP contribution >= 0.6 is 0 Å². The van der Waals surface area contributed by atoms with Crippen molar-refractivity contribution in [1.82, 2.24) is 4.98 Å². The molecule has 1 aliphatic heterocycles. The van der Waals surface area contributed by atoms with E-state index in [9.17, 15) is 14.7 Å². The molecule has 2 heterocycles. The minimum atomic E-state index is -1.46. The van der Waals surface area contributed by atoms with Crippen LogP contribution in [0.25, 0.3) is 0 Å². The Morgan fingerprint density at radius 3 is 2.94 bits per heavy atom. The van der Waals surface area contributed by atoms with Gasteiger partial charge in [-0.2, -0.15) is 0 Å². The van der Waals surface area contributed by atoms with Gasteiger partial charge in [0.2, 0.25) is 0 Å². The van der Waals surface area contributed by atoms with E-state index in [4.69, 9.17) is 4.74 Å². The number of rotatable bonds is 2. The molecule has 0 saturated heterocycles. The molecule has 1 N–H and O–H groups in total. The summed E-state index contributed by atoms with van der Waals surface area (Å²) in [6.07, 6.45) is 1.41. The fourth-order valence-electron chi connectivity index (χ4n) is 1.95. The zero-order chi connectivity index (χ0) is 12.6. The van der Waals surface area contributed by atoms with Crippen LogP contribution in [0.15, 0.2) is 10.9 Å². The van der Waals surface area contributed by atoms with Crippen molar-refractivity contribution in [3.63, 3.8) is 0 Å². The number of carboxylic acid groups (broad SMARTS) is 1. The number of carbonyl (C=O) groups is 1. The summed E-state index contributed by atoms with van der Waals surface area (Å²) >= 11 is 0. The molecular weight excluding hydrogens is 222 g/mol. The van der Waals surface area contributed by atoms with Gasteiger partial charge in [0.05, 0.1) is 23.7 Å². The summed E-state index contributed by atoms with van der Waals surface area (Å²) in [7, 11) is 0. The number of H-pyrrole nitrogens is 1. The number of carboxylic acids is 1. The molecule has 1 atom stereocenters. The first-order chi connectivity index (χ1) is 7.95. The highest BCUT2D eigenvalue weighted by Crippen LogP contribution is 2.28. The maximum atomic E-state index is 11.5. The van der Waals surface area contributed by atoms with Crippen LogP contribution < -0.4 is 10.7 Å². The topological polar surface area (TPSA) is 82.2 Å². The lowest BCUT2D eigenvalue weighted by Gasteiger charge is -2.34. The first-order valence-corrected chi connectivity index (χ1v) is 5.55. The van der Waals surface area contributed by atoms with E-state index in [1.165, 1.54) is 6.07 Å². The molecule has 1 aromatic rings. The van der Waals surface area contributed by atoms with Crippen LogP contribution in [0.5, 0.6) is 0 Å². The average molecular weight is 236 g/mol. The van der Waals surface area contributed by atoms with Crippen molar-refractivity contribution in [3.8, 4) is 0 Å². The van der Waals surface area contributed by atoms with E-state index in [-0.39, 0.29) is 11.2 Å². The number of nitrogens with one attached hydrogen (secondary N) is 1. The lowest BCUT2D eigenvalue weighted by atomic mass is 9.91. The summed E-state index contributed by atoms with van der Waals surface area (Å²) in [5, 5.41) is 10.7. The maximum absolute atomic E-state index is 11.5. The molecule has 1 aliphatic rings. The van der Waals surface area contributed by atoms with Crippen molar-refractivity contribution in [3.05, 3.63) is 33.2 Å². The molecule has 0 saturated carbocycles. The van der Waals surface area contributed by atoms with Crippen LogP contribution in [0, 0.1) is 0 Å². The third kappa shape index (κ3) is 2.10. The van der Waals surface area contributed by atoms with E-state index in [0.717, 1.165) is 17.7 Å². The number of fused-ring (bicyclic) bond motifs is 1. The van der Waals surface area contributed by atoms with Gasteiger partial charge < -0.3 is 19.6 Å². The Hall–Kier alpha value is -1.62. The van der Waals surface area contributed by atoms with E-state index in [1.54, 1.807) is 0 Å². The van der Waals surface area contributed by atoms with Crippen LogP contribution in [-0.2, 0) is 17.8 Å². The zero-order valence-corrected chi connectivity index (χ0v) is 9.83. The van der Waals surface area contributed by atoms with E-state index < -0.39 is 11.5 Å². The van der Waals surface area contributed by atoms with Gasteiger partial charge in [-0.25, -0.2) is 0 Å². The average Bonchev–Trinajstić information content (AvgIpc) is 2.27. The summed E-state index contributed by atoms with van der Waals surface area (Å²) < 4.78 is 5.68. The molecule has 0 aliphatic carbocycles. The molecular formula is C12H14NO4-. The Bertz CT molecular complexity index is 520. The lowest BCUT2D eigenvalue weighted by Crippen LogP contribution is -2.38. The highest BCUT2D eigenvalue weighted by molar-refractivity contribution is 5.85. The number of hydrogen-bond donors (Lipinski definition) is 1. The monoisotopic (exact) mass is 236 g/mol. The van der Waals surface area contributed by atoms with E-state index in [2.05, 4.69) is 4.98 Å². The molecule has 0 unspecified atom stereocenters. The highest BCUT2D eigenvalue weighted by atomic mass is 16.5. The fourth-order valence-corrected chi connectivity index (χ4v) is 1.95. The number of aromatic amines is 1. The van der Waals surface area contributed by atoms with Gasteiger partial charge in [-0.05, 0) is 25.0 Å². The van der Waals surface area contributed by atoms with Gasteiger partial charge in [0.15, 0.2) is 0 Å². The standard InChI is InChI=1S/C12H15NO4/c1-3-12(2)5-9-7(6-17-12)4-8(11(15)16)10(14)13-9/h4H,3,5-6H2,1-2H3,(H,13,14)(H,15,16)/p-1/t12-/m1/s1. The summed E-state index contributed by atoms with van der Waals surface area (Å²) in [5.41, 5.74) is 0.237. The fraction of sp³-hybridized carbons (Fsp3) is 0.500. The largest absolute Gasteiger partial charge is 0.545 e. The summed E-state index contributed by atoms with van der Waals surface area (Å²) in [4.78, 5) is 24.8. The van der Waals surface area contributed by atoms with Crippen molar-refractivity contribution in [2.45, 2.75) is 38.9 Å². The van der Waals surface area contributed by atoms with E-state index >= 15 is 0 Å². The van der Waals surface area contributed by atoms with Crippen LogP contribution in [-0.4, -0.2) is 16.6 Å². The van der Waals surface area contributed by atoms with Gasteiger partial charge in [-0.1, -0.05) is 6.92 Å². The molecule has 0 radical (unpaired) electrons. The van der Waals surface area contributed by atoms with Crippen molar-refractivity contribution < 1.29 is 14.6 Å². The molecule has 5 heteroatoms. The molecule has 0 amide bonds. The molecule has 0 fully saturated rings. The molecule has 2 rings (SSSR count). The zero-order valence-electron chi connectivity index (χ0n) is 9.83. The van der Waals surface area contributed by atoms with Crippen molar-refractivity contribution in [1.29, 1.82) is 0 Å². The Morgan fingerprint density at radius 2 is 2.35 bits per heavy atom. The van der Waals surface area contributed by atoms with Gasteiger partial charge in [-0.15, -0.1) is 0 Å². The number of ether oxygens (including phenoxy) is 1. The van der Waals surface area contributed by atoms with Gasteiger partial charge >= 0.3 is 0 Å². The van der Waals surface area contributed by atoms with Crippen molar-refractivity contribution >= 4 is 5.97 Å². The minimum absolute atomic E-state index is 0.293. The number of pyridine rings is 1. The first-order valence-electron chi connectivity index (χ1n) is 5.55. The molecule has 17 heavy (non-hydrogen) atoms. The van der Waals surface area contributed by atoms with Crippen LogP contribution in [0.2, 0.25) is 0 Å². The Morgan fingerprint density at radius 1 is 1.65 bits per heavy atom.